The van der Waals surface area contributed by atoms with Crippen LogP contribution in [0.4, 0.5) is 0 Å². The van der Waals surface area contributed by atoms with Crippen LogP contribution in [0.5, 0.6) is 0 Å². The van der Waals surface area contributed by atoms with Gasteiger partial charge in [0.2, 0.25) is 0 Å². The molecule has 3 rings (SSSR count). The summed E-state index contributed by atoms with van der Waals surface area (Å²) in [5.74, 6) is 0.587. The van der Waals surface area contributed by atoms with Gasteiger partial charge in [-0.05, 0) is 44.4 Å². The molecule has 2 heteroatoms. The van der Waals surface area contributed by atoms with Gasteiger partial charge in [-0.1, -0.05) is 32.1 Å². The van der Waals surface area contributed by atoms with Gasteiger partial charge < -0.3 is 10.4 Å². The fraction of sp³-hybridized carbons (Fsp3) is 1.00. The van der Waals surface area contributed by atoms with Crippen LogP contribution in [-0.2, 0) is 0 Å². The van der Waals surface area contributed by atoms with E-state index in [1.165, 1.54) is 64.2 Å². The highest BCUT2D eigenvalue weighted by Gasteiger charge is 2.47. The summed E-state index contributed by atoms with van der Waals surface area (Å²) in [7, 11) is 0. The first-order chi connectivity index (χ1) is 8.29. The van der Waals surface area contributed by atoms with Crippen LogP contribution in [0.3, 0.4) is 0 Å². The maximum absolute atomic E-state index is 11.0. The van der Waals surface area contributed by atoms with Gasteiger partial charge in [-0.25, -0.2) is 0 Å². The Morgan fingerprint density at radius 1 is 0.824 bits per heavy atom. The average molecular weight is 237 g/mol. The van der Waals surface area contributed by atoms with Crippen LogP contribution in [-0.4, -0.2) is 22.8 Å². The van der Waals surface area contributed by atoms with E-state index in [1.54, 1.807) is 0 Å². The Labute approximate surface area is 105 Å². The number of fused-ring (bicyclic) bond motifs is 1. The predicted molar refractivity (Wildman–Crippen MR) is 69.9 cm³/mol. The van der Waals surface area contributed by atoms with Gasteiger partial charge in [0, 0.05) is 12.1 Å². The molecular formula is C15H27NO. The molecule has 3 aliphatic carbocycles. The molecule has 0 unspecified atom stereocenters. The van der Waals surface area contributed by atoms with Gasteiger partial charge in [-0.15, -0.1) is 0 Å². The highest BCUT2D eigenvalue weighted by atomic mass is 16.3. The maximum atomic E-state index is 11.0. The van der Waals surface area contributed by atoms with Gasteiger partial charge in [0.15, 0.2) is 0 Å². The molecule has 0 spiro atoms. The standard InChI is InChI=1S/C15H27NO/c17-15-11-4-3-6-12(15)7-5-10-14(15)16-13-8-1-2-9-13/h12-14,16-17H,1-11H2/t12-,14+,15-/m1/s1. The minimum absolute atomic E-state index is 0.362. The quantitative estimate of drug-likeness (QED) is 0.774. The summed E-state index contributed by atoms with van der Waals surface area (Å²) in [6.07, 6.45) is 14.1. The molecule has 0 aromatic carbocycles. The van der Waals surface area contributed by atoms with E-state index >= 15 is 0 Å². The fourth-order valence-corrected chi connectivity index (χ4v) is 4.53. The Morgan fingerprint density at radius 2 is 1.53 bits per heavy atom. The molecule has 2 nitrogen and oxygen atoms in total. The lowest BCUT2D eigenvalue weighted by Crippen LogP contribution is -2.60. The molecule has 0 bridgehead atoms. The van der Waals surface area contributed by atoms with Crippen molar-refractivity contribution in [2.75, 3.05) is 0 Å². The van der Waals surface area contributed by atoms with Crippen molar-refractivity contribution >= 4 is 0 Å². The lowest BCUT2D eigenvalue weighted by atomic mass is 9.64. The third kappa shape index (κ3) is 2.26. The SMILES string of the molecule is O[C@]12CCCC[C@@H]1CCC[C@@H]2NC1CCCC1. The second kappa shape index (κ2) is 4.89. The van der Waals surface area contributed by atoms with E-state index in [0.29, 0.717) is 18.0 Å². The molecule has 3 aliphatic rings. The molecule has 2 N–H and O–H groups in total. The van der Waals surface area contributed by atoms with Crippen molar-refractivity contribution in [1.29, 1.82) is 0 Å². The van der Waals surface area contributed by atoms with Crippen LogP contribution in [0.1, 0.15) is 70.6 Å². The first kappa shape index (κ1) is 12.0. The highest BCUT2D eigenvalue weighted by molar-refractivity contribution is 5.03. The number of rotatable bonds is 2. The molecule has 17 heavy (non-hydrogen) atoms. The highest BCUT2D eigenvalue weighted by Crippen LogP contribution is 2.44. The zero-order valence-corrected chi connectivity index (χ0v) is 11.0. The Balaban J connectivity index is 1.68. The Morgan fingerprint density at radius 3 is 2.35 bits per heavy atom. The van der Waals surface area contributed by atoms with Crippen molar-refractivity contribution in [1.82, 2.24) is 5.32 Å². The summed E-state index contributed by atoms with van der Waals surface area (Å²) >= 11 is 0. The zero-order chi connectivity index (χ0) is 11.7. The Kier molecular flexibility index (Phi) is 3.45. The normalized spacial score (nSPS) is 43.6. The summed E-state index contributed by atoms with van der Waals surface area (Å²) in [6.45, 7) is 0. The molecule has 0 aromatic rings. The van der Waals surface area contributed by atoms with Crippen LogP contribution in [0.15, 0.2) is 0 Å². The van der Waals surface area contributed by atoms with Crippen LogP contribution in [0.25, 0.3) is 0 Å². The lowest BCUT2D eigenvalue weighted by Gasteiger charge is -2.50. The topological polar surface area (TPSA) is 32.3 Å². The first-order valence-corrected chi connectivity index (χ1v) is 7.77. The lowest BCUT2D eigenvalue weighted by molar-refractivity contribution is -0.101. The minimum atomic E-state index is -0.362. The fourth-order valence-electron chi connectivity index (χ4n) is 4.53. The van der Waals surface area contributed by atoms with Gasteiger partial charge in [-0.2, -0.15) is 0 Å². The molecule has 0 amide bonds. The molecule has 0 aromatic heterocycles. The van der Waals surface area contributed by atoms with E-state index in [-0.39, 0.29) is 5.60 Å². The first-order valence-electron chi connectivity index (χ1n) is 7.77. The van der Waals surface area contributed by atoms with Crippen molar-refractivity contribution < 1.29 is 5.11 Å². The summed E-state index contributed by atoms with van der Waals surface area (Å²) in [6, 6.07) is 1.09. The van der Waals surface area contributed by atoms with Gasteiger partial charge >= 0.3 is 0 Å². The second-order valence-corrected chi connectivity index (χ2v) is 6.57. The molecule has 0 aliphatic heterocycles. The predicted octanol–water partition coefficient (Wildman–Crippen LogP) is 2.99. The van der Waals surface area contributed by atoms with E-state index < -0.39 is 0 Å². The number of nitrogens with one attached hydrogen (secondary N) is 1. The van der Waals surface area contributed by atoms with Gasteiger partial charge in [0.05, 0.1) is 5.60 Å². The summed E-state index contributed by atoms with van der Waals surface area (Å²) in [5, 5.41) is 14.9. The van der Waals surface area contributed by atoms with Crippen LogP contribution in [0, 0.1) is 5.92 Å². The van der Waals surface area contributed by atoms with Crippen molar-refractivity contribution in [2.45, 2.75) is 88.3 Å². The number of hydrogen-bond donors (Lipinski definition) is 2. The second-order valence-electron chi connectivity index (χ2n) is 6.57. The third-order valence-corrected chi connectivity index (χ3v) is 5.53. The third-order valence-electron chi connectivity index (χ3n) is 5.53. The van der Waals surface area contributed by atoms with Crippen molar-refractivity contribution in [2.24, 2.45) is 5.92 Å². The van der Waals surface area contributed by atoms with Crippen LogP contribution in [0.2, 0.25) is 0 Å². The molecule has 3 fully saturated rings. The van der Waals surface area contributed by atoms with Gasteiger partial charge in [0.25, 0.3) is 0 Å². The summed E-state index contributed by atoms with van der Waals surface area (Å²) in [5.41, 5.74) is -0.362. The largest absolute Gasteiger partial charge is 0.388 e. The van der Waals surface area contributed by atoms with Crippen molar-refractivity contribution in [3.8, 4) is 0 Å². The molecule has 98 valence electrons. The van der Waals surface area contributed by atoms with Gasteiger partial charge in [0.1, 0.15) is 0 Å². The summed E-state index contributed by atoms with van der Waals surface area (Å²) in [4.78, 5) is 0. The molecular weight excluding hydrogens is 210 g/mol. The molecule has 0 radical (unpaired) electrons. The maximum Gasteiger partial charge on any atom is 0.0828 e. The summed E-state index contributed by atoms with van der Waals surface area (Å²) < 4.78 is 0. The Bertz CT molecular complexity index is 260. The smallest absolute Gasteiger partial charge is 0.0828 e. The van der Waals surface area contributed by atoms with Crippen molar-refractivity contribution in [3.63, 3.8) is 0 Å². The van der Waals surface area contributed by atoms with Crippen molar-refractivity contribution in [3.05, 3.63) is 0 Å². The van der Waals surface area contributed by atoms with E-state index in [1.807, 2.05) is 0 Å². The number of hydrogen-bond acceptors (Lipinski definition) is 2. The van der Waals surface area contributed by atoms with Gasteiger partial charge in [-0.3, -0.25) is 0 Å². The van der Waals surface area contributed by atoms with E-state index in [2.05, 4.69) is 5.32 Å². The van der Waals surface area contributed by atoms with E-state index in [9.17, 15) is 5.11 Å². The average Bonchev–Trinajstić information content (AvgIpc) is 2.83. The van der Waals surface area contributed by atoms with Crippen LogP contribution >= 0.6 is 0 Å². The molecule has 3 saturated carbocycles. The monoisotopic (exact) mass is 237 g/mol. The Hall–Kier alpha value is -0.0800. The minimum Gasteiger partial charge on any atom is -0.388 e. The van der Waals surface area contributed by atoms with E-state index in [4.69, 9.17) is 0 Å². The molecule has 0 heterocycles. The zero-order valence-electron chi connectivity index (χ0n) is 11.0. The number of aliphatic hydroxyl groups is 1. The van der Waals surface area contributed by atoms with Crippen LogP contribution < -0.4 is 5.32 Å². The molecule has 0 saturated heterocycles. The molecule has 3 atom stereocenters. The van der Waals surface area contributed by atoms with E-state index in [0.717, 1.165) is 6.42 Å².